The molecule has 0 bridgehead atoms. The van der Waals surface area contributed by atoms with Crippen LogP contribution in [0.1, 0.15) is 84.6 Å². The number of ether oxygens (including phenoxy) is 2. The first kappa shape index (κ1) is 32.4. The van der Waals surface area contributed by atoms with Gasteiger partial charge >= 0.3 is 11.9 Å². The van der Waals surface area contributed by atoms with Gasteiger partial charge in [-0.3, -0.25) is 0 Å². The number of hydrogen-bond acceptors (Lipinski definition) is 4. The first-order valence-corrected chi connectivity index (χ1v) is 13.2. The number of carbonyl (C=O) groups is 2. The first-order valence-electron chi connectivity index (χ1n) is 13.2. The third-order valence-electron chi connectivity index (χ3n) is 5.54. The predicted octanol–water partition coefficient (Wildman–Crippen LogP) is 8.12. The zero-order valence-corrected chi connectivity index (χ0v) is 22.7. The fourth-order valence-electron chi connectivity index (χ4n) is 3.44. The standard InChI is InChI=1S/C18H30O2.2C7H6O2/c1-3-4-5-6-7-8-9-10-15-20-18-13-11-17(12-14-18)16-19-2;2*8-7(9)6-4-2-1-3-5-6/h11-14H,3-10,15-16H2,1-2H3;2*1-5H,(H,8,9). The second kappa shape index (κ2) is 21.4. The van der Waals surface area contributed by atoms with Gasteiger partial charge in [-0.1, -0.05) is 100 Å². The average molecular weight is 523 g/mol. The Morgan fingerprint density at radius 2 is 1.08 bits per heavy atom. The predicted molar refractivity (Wildman–Crippen MR) is 152 cm³/mol. The number of carboxylic acids is 2. The number of carboxylic acid groups (broad SMARTS) is 2. The van der Waals surface area contributed by atoms with Gasteiger partial charge in [0.05, 0.1) is 24.3 Å². The fraction of sp³-hybridized carbons (Fsp3) is 0.375. The van der Waals surface area contributed by atoms with E-state index in [1.165, 1.54) is 50.5 Å². The van der Waals surface area contributed by atoms with Crippen LogP contribution in [0.4, 0.5) is 0 Å². The highest BCUT2D eigenvalue weighted by molar-refractivity contribution is 5.87. The molecule has 0 radical (unpaired) electrons. The Kier molecular flexibility index (Phi) is 18.3. The van der Waals surface area contributed by atoms with Crippen LogP contribution in [0.5, 0.6) is 5.75 Å². The van der Waals surface area contributed by atoms with E-state index in [4.69, 9.17) is 19.7 Å². The van der Waals surface area contributed by atoms with Crippen molar-refractivity contribution in [1.29, 1.82) is 0 Å². The molecule has 6 nitrogen and oxygen atoms in total. The molecule has 0 unspecified atom stereocenters. The molecular weight excluding hydrogens is 480 g/mol. The van der Waals surface area contributed by atoms with E-state index < -0.39 is 11.9 Å². The van der Waals surface area contributed by atoms with Gasteiger partial charge in [0.1, 0.15) is 5.75 Å². The van der Waals surface area contributed by atoms with Crippen LogP contribution in [0, 0.1) is 0 Å². The van der Waals surface area contributed by atoms with E-state index >= 15 is 0 Å². The number of rotatable bonds is 14. The van der Waals surface area contributed by atoms with E-state index in [2.05, 4.69) is 19.1 Å². The van der Waals surface area contributed by atoms with Crippen molar-refractivity contribution < 1.29 is 29.3 Å². The molecule has 0 aliphatic rings. The number of benzene rings is 3. The minimum absolute atomic E-state index is 0.331. The van der Waals surface area contributed by atoms with E-state index in [0.29, 0.717) is 17.7 Å². The summed E-state index contributed by atoms with van der Waals surface area (Å²) in [5.41, 5.74) is 1.85. The molecule has 0 heterocycles. The van der Waals surface area contributed by atoms with Crippen LogP contribution in [0.2, 0.25) is 0 Å². The maximum absolute atomic E-state index is 10.2. The molecule has 0 aromatic heterocycles. The Labute approximate surface area is 227 Å². The molecule has 0 amide bonds. The van der Waals surface area contributed by atoms with Crippen molar-refractivity contribution in [2.24, 2.45) is 0 Å². The maximum Gasteiger partial charge on any atom is 0.335 e. The molecule has 2 N–H and O–H groups in total. The molecule has 38 heavy (non-hydrogen) atoms. The van der Waals surface area contributed by atoms with Crippen LogP contribution in [0.25, 0.3) is 0 Å². The number of unbranched alkanes of at least 4 members (excludes halogenated alkanes) is 7. The zero-order valence-electron chi connectivity index (χ0n) is 22.7. The Morgan fingerprint density at radius 3 is 1.47 bits per heavy atom. The van der Waals surface area contributed by atoms with Gasteiger partial charge < -0.3 is 19.7 Å². The zero-order chi connectivity index (χ0) is 27.8. The van der Waals surface area contributed by atoms with Crippen LogP contribution in [-0.2, 0) is 11.3 Å². The highest BCUT2D eigenvalue weighted by atomic mass is 16.5. The van der Waals surface area contributed by atoms with Crippen molar-refractivity contribution in [2.75, 3.05) is 13.7 Å². The van der Waals surface area contributed by atoms with E-state index in [-0.39, 0.29) is 0 Å². The van der Waals surface area contributed by atoms with Gasteiger partial charge in [0.25, 0.3) is 0 Å². The van der Waals surface area contributed by atoms with Crippen LogP contribution in [0.15, 0.2) is 84.9 Å². The summed E-state index contributed by atoms with van der Waals surface area (Å²) >= 11 is 0. The SMILES string of the molecule is CCCCCCCCCCOc1ccc(COC)cc1.O=C(O)c1ccccc1.O=C(O)c1ccccc1. The van der Waals surface area contributed by atoms with Crippen LogP contribution in [-0.4, -0.2) is 35.9 Å². The quantitative estimate of drug-likeness (QED) is 0.208. The first-order chi connectivity index (χ1) is 18.5. The second-order valence-electron chi connectivity index (χ2n) is 8.74. The van der Waals surface area contributed by atoms with Crippen LogP contribution >= 0.6 is 0 Å². The molecule has 0 saturated heterocycles. The Balaban J connectivity index is 0.000000329. The molecule has 0 aliphatic carbocycles. The van der Waals surface area contributed by atoms with Gasteiger partial charge in [-0.05, 0) is 48.4 Å². The summed E-state index contributed by atoms with van der Waals surface area (Å²) in [4.78, 5) is 20.4. The highest BCUT2D eigenvalue weighted by Crippen LogP contribution is 2.14. The average Bonchev–Trinajstić information content (AvgIpc) is 2.95. The fourth-order valence-corrected chi connectivity index (χ4v) is 3.44. The lowest BCUT2D eigenvalue weighted by Crippen LogP contribution is -1.97. The molecule has 206 valence electrons. The van der Waals surface area contributed by atoms with E-state index in [1.807, 2.05) is 12.1 Å². The molecule has 3 aromatic carbocycles. The summed E-state index contributed by atoms with van der Waals surface area (Å²) in [5.74, 6) is -0.793. The summed E-state index contributed by atoms with van der Waals surface area (Å²) in [5, 5.41) is 16.8. The third-order valence-corrected chi connectivity index (χ3v) is 5.54. The summed E-state index contributed by atoms with van der Waals surface area (Å²) in [7, 11) is 1.71. The van der Waals surface area contributed by atoms with Crippen molar-refractivity contribution in [3.63, 3.8) is 0 Å². The molecular formula is C32H42O6. The summed E-state index contributed by atoms with van der Waals surface area (Å²) in [6, 6.07) is 24.8. The molecule has 0 atom stereocenters. The molecule has 3 rings (SSSR count). The Hall–Kier alpha value is -3.64. The highest BCUT2D eigenvalue weighted by Gasteiger charge is 1.98. The smallest absolute Gasteiger partial charge is 0.335 e. The van der Waals surface area contributed by atoms with Gasteiger partial charge in [0, 0.05) is 7.11 Å². The molecule has 3 aromatic rings. The van der Waals surface area contributed by atoms with Gasteiger partial charge in [-0.15, -0.1) is 0 Å². The van der Waals surface area contributed by atoms with Crippen molar-refractivity contribution in [3.8, 4) is 5.75 Å². The number of methoxy groups -OCH3 is 1. The van der Waals surface area contributed by atoms with E-state index in [0.717, 1.165) is 18.8 Å². The Bertz CT molecular complexity index is 938. The lowest BCUT2D eigenvalue weighted by Gasteiger charge is -2.07. The molecule has 0 saturated carbocycles. The van der Waals surface area contributed by atoms with Crippen molar-refractivity contribution >= 4 is 11.9 Å². The summed E-state index contributed by atoms with van der Waals surface area (Å²) in [6.45, 7) is 3.76. The van der Waals surface area contributed by atoms with Crippen molar-refractivity contribution in [1.82, 2.24) is 0 Å². The lowest BCUT2D eigenvalue weighted by molar-refractivity contribution is 0.0686. The van der Waals surface area contributed by atoms with E-state index in [1.54, 1.807) is 67.8 Å². The van der Waals surface area contributed by atoms with E-state index in [9.17, 15) is 9.59 Å². The Morgan fingerprint density at radius 1 is 0.632 bits per heavy atom. The van der Waals surface area contributed by atoms with Gasteiger partial charge in [0.2, 0.25) is 0 Å². The van der Waals surface area contributed by atoms with Gasteiger partial charge in [0.15, 0.2) is 0 Å². The minimum atomic E-state index is -0.879. The number of hydrogen-bond donors (Lipinski definition) is 2. The minimum Gasteiger partial charge on any atom is -0.494 e. The summed E-state index contributed by atoms with van der Waals surface area (Å²) < 4.78 is 10.8. The topological polar surface area (TPSA) is 93.1 Å². The largest absolute Gasteiger partial charge is 0.494 e. The van der Waals surface area contributed by atoms with Crippen LogP contribution < -0.4 is 4.74 Å². The lowest BCUT2D eigenvalue weighted by atomic mass is 10.1. The maximum atomic E-state index is 10.2. The van der Waals surface area contributed by atoms with Crippen molar-refractivity contribution in [3.05, 3.63) is 102 Å². The van der Waals surface area contributed by atoms with Crippen LogP contribution in [0.3, 0.4) is 0 Å². The van der Waals surface area contributed by atoms with Crippen molar-refractivity contribution in [2.45, 2.75) is 64.9 Å². The summed E-state index contributed by atoms with van der Waals surface area (Å²) in [6.07, 6.45) is 10.7. The molecule has 6 heteroatoms. The third kappa shape index (κ3) is 16.2. The van der Waals surface area contributed by atoms with Gasteiger partial charge in [-0.2, -0.15) is 0 Å². The van der Waals surface area contributed by atoms with Gasteiger partial charge in [-0.25, -0.2) is 9.59 Å². The molecule has 0 fully saturated rings. The molecule has 0 spiro atoms. The molecule has 0 aliphatic heterocycles. The normalized spacial score (nSPS) is 9.84. The number of aromatic carboxylic acids is 2. The second-order valence-corrected chi connectivity index (χ2v) is 8.74. The monoisotopic (exact) mass is 522 g/mol.